The first-order valence-electron chi connectivity index (χ1n) is 10.8. The Hall–Kier alpha value is -2.50. The third-order valence-corrected chi connectivity index (χ3v) is 6.94. The lowest BCUT2D eigenvalue weighted by Crippen LogP contribution is -2.48. The molecule has 2 aromatic rings. The van der Waals surface area contributed by atoms with Gasteiger partial charge in [-0.2, -0.15) is 5.10 Å². The van der Waals surface area contributed by atoms with E-state index >= 15 is 0 Å². The van der Waals surface area contributed by atoms with E-state index in [9.17, 15) is 4.79 Å². The van der Waals surface area contributed by atoms with Gasteiger partial charge in [-0.1, -0.05) is 12.8 Å². The minimum Gasteiger partial charge on any atom is -0.486 e. The van der Waals surface area contributed by atoms with Crippen LogP contribution in [0.1, 0.15) is 61.8 Å². The minimum atomic E-state index is 0.0495. The Kier molecular flexibility index (Phi) is 4.52. The summed E-state index contributed by atoms with van der Waals surface area (Å²) in [5.41, 5.74) is 3.78. The molecule has 1 saturated carbocycles. The first-order valence-corrected chi connectivity index (χ1v) is 10.8. The third-order valence-electron chi connectivity index (χ3n) is 6.94. The van der Waals surface area contributed by atoms with Crippen LogP contribution in [0.25, 0.3) is 0 Å². The summed E-state index contributed by atoms with van der Waals surface area (Å²) >= 11 is 0. The smallest absolute Gasteiger partial charge is 0.223 e. The van der Waals surface area contributed by atoms with Crippen LogP contribution >= 0.6 is 0 Å². The summed E-state index contributed by atoms with van der Waals surface area (Å²) in [6.07, 6.45) is 9.81. The molecule has 6 heteroatoms. The number of ether oxygens (including phenoxy) is 2. The van der Waals surface area contributed by atoms with Crippen molar-refractivity contribution >= 4 is 5.91 Å². The van der Waals surface area contributed by atoms with Crippen LogP contribution in [0.4, 0.5) is 0 Å². The summed E-state index contributed by atoms with van der Waals surface area (Å²) < 4.78 is 13.5. The van der Waals surface area contributed by atoms with Gasteiger partial charge in [0.25, 0.3) is 0 Å². The van der Waals surface area contributed by atoms with Crippen molar-refractivity contribution in [3.05, 3.63) is 41.2 Å². The van der Waals surface area contributed by atoms with Crippen LogP contribution < -0.4 is 9.47 Å². The predicted molar refractivity (Wildman–Crippen MR) is 109 cm³/mol. The van der Waals surface area contributed by atoms with E-state index in [4.69, 9.17) is 9.47 Å². The van der Waals surface area contributed by atoms with Crippen molar-refractivity contribution in [2.24, 2.45) is 7.05 Å². The Labute approximate surface area is 171 Å². The number of aryl methyl sites for hydroxylation is 2. The highest BCUT2D eigenvalue weighted by Crippen LogP contribution is 2.52. The molecule has 1 aliphatic carbocycles. The lowest BCUT2D eigenvalue weighted by molar-refractivity contribution is -0.135. The van der Waals surface area contributed by atoms with Crippen LogP contribution in [-0.2, 0) is 23.7 Å². The maximum Gasteiger partial charge on any atom is 0.223 e. The number of aromatic nitrogens is 2. The van der Waals surface area contributed by atoms with Crippen LogP contribution in [0.15, 0.2) is 24.5 Å². The monoisotopic (exact) mass is 395 g/mol. The third kappa shape index (κ3) is 3.18. The van der Waals surface area contributed by atoms with Crippen molar-refractivity contribution in [1.82, 2.24) is 14.7 Å². The van der Waals surface area contributed by atoms with E-state index in [0.29, 0.717) is 19.6 Å². The summed E-state index contributed by atoms with van der Waals surface area (Å²) in [6.45, 7) is 4.15. The van der Waals surface area contributed by atoms with Crippen molar-refractivity contribution in [1.29, 1.82) is 0 Å². The highest BCUT2D eigenvalue weighted by molar-refractivity contribution is 5.78. The van der Waals surface area contributed by atoms with Crippen LogP contribution in [0, 0.1) is 0 Å². The van der Waals surface area contributed by atoms with E-state index in [2.05, 4.69) is 29.1 Å². The summed E-state index contributed by atoms with van der Waals surface area (Å²) in [5.74, 6) is 1.91. The molecule has 3 aliphatic rings. The molecule has 1 aromatic carbocycles. The molecule has 1 aromatic heterocycles. The van der Waals surface area contributed by atoms with Gasteiger partial charge in [0.15, 0.2) is 11.5 Å². The molecule has 1 amide bonds. The highest BCUT2D eigenvalue weighted by atomic mass is 16.6. The highest BCUT2D eigenvalue weighted by Gasteiger charge is 2.46. The number of benzene rings is 1. The fourth-order valence-electron chi connectivity index (χ4n) is 5.40. The fraction of sp³-hybridized carbons (Fsp3) is 0.565. The number of carbonyl (C=O) groups is 1. The molecular formula is C23H29N3O3. The molecule has 0 radical (unpaired) electrons. The van der Waals surface area contributed by atoms with Crippen molar-refractivity contribution in [2.75, 3.05) is 19.8 Å². The fourth-order valence-corrected chi connectivity index (χ4v) is 5.40. The lowest BCUT2D eigenvalue weighted by atomic mass is 9.71. The van der Waals surface area contributed by atoms with Gasteiger partial charge in [0, 0.05) is 31.6 Å². The second-order valence-corrected chi connectivity index (χ2v) is 8.79. The van der Waals surface area contributed by atoms with Gasteiger partial charge >= 0.3 is 0 Å². The van der Waals surface area contributed by atoms with Gasteiger partial charge in [-0.3, -0.25) is 9.48 Å². The standard InChI is InChI=1S/C23H29N3O3/c1-16-18-11-20-21(29-10-9-28-20)12-19(18)23(7-3-4-8-23)15-26(16)22(27)6-5-17-13-24-25(2)14-17/h11-14,16H,3-10,15H2,1-2H3. The number of hydrogen-bond donors (Lipinski definition) is 0. The number of carbonyl (C=O) groups excluding carboxylic acids is 1. The Bertz CT molecular complexity index is 929. The average Bonchev–Trinajstić information content (AvgIpc) is 3.37. The zero-order valence-electron chi connectivity index (χ0n) is 17.3. The quantitative estimate of drug-likeness (QED) is 0.798. The van der Waals surface area contributed by atoms with Gasteiger partial charge in [-0.05, 0) is 55.0 Å². The first kappa shape index (κ1) is 18.5. The molecule has 2 aliphatic heterocycles. The summed E-state index contributed by atoms with van der Waals surface area (Å²) in [5, 5.41) is 4.22. The van der Waals surface area contributed by atoms with Gasteiger partial charge in [-0.25, -0.2) is 0 Å². The van der Waals surface area contributed by atoms with Crippen molar-refractivity contribution in [3.63, 3.8) is 0 Å². The van der Waals surface area contributed by atoms with E-state index in [1.54, 1.807) is 4.68 Å². The molecule has 1 spiro atoms. The molecule has 0 saturated heterocycles. The van der Waals surface area contributed by atoms with Crippen molar-refractivity contribution in [3.8, 4) is 11.5 Å². The van der Waals surface area contributed by atoms with E-state index < -0.39 is 0 Å². The number of rotatable bonds is 3. The number of amides is 1. The number of fused-ring (bicyclic) bond motifs is 3. The van der Waals surface area contributed by atoms with Gasteiger partial charge in [-0.15, -0.1) is 0 Å². The molecule has 5 rings (SSSR count). The Morgan fingerprint density at radius 2 is 1.93 bits per heavy atom. The summed E-state index contributed by atoms with van der Waals surface area (Å²) in [7, 11) is 1.91. The molecule has 0 bridgehead atoms. The van der Waals surface area contributed by atoms with Gasteiger partial charge < -0.3 is 14.4 Å². The Balaban J connectivity index is 1.45. The second kappa shape index (κ2) is 7.08. The molecule has 1 unspecified atom stereocenters. The average molecular weight is 396 g/mol. The van der Waals surface area contributed by atoms with Crippen LogP contribution in [0.3, 0.4) is 0 Å². The molecule has 6 nitrogen and oxygen atoms in total. The maximum atomic E-state index is 13.3. The van der Waals surface area contributed by atoms with Gasteiger partial charge in [0.05, 0.1) is 12.2 Å². The van der Waals surface area contributed by atoms with E-state index in [0.717, 1.165) is 42.9 Å². The van der Waals surface area contributed by atoms with Gasteiger partial charge in [0.1, 0.15) is 13.2 Å². The zero-order chi connectivity index (χ0) is 20.0. The molecule has 154 valence electrons. The summed E-state index contributed by atoms with van der Waals surface area (Å²) in [4.78, 5) is 15.4. The number of hydrogen-bond acceptors (Lipinski definition) is 4. The van der Waals surface area contributed by atoms with E-state index in [1.165, 1.54) is 24.0 Å². The van der Waals surface area contributed by atoms with Gasteiger partial charge in [0.2, 0.25) is 5.91 Å². The van der Waals surface area contributed by atoms with Crippen molar-refractivity contribution in [2.45, 2.75) is 56.9 Å². The largest absolute Gasteiger partial charge is 0.486 e. The SMILES string of the molecule is CC1c2cc3c(cc2C2(CCCC2)CN1C(=O)CCc1cnn(C)c1)OCCO3. The predicted octanol–water partition coefficient (Wildman–Crippen LogP) is 3.54. The molecule has 1 atom stereocenters. The van der Waals surface area contributed by atoms with Crippen molar-refractivity contribution < 1.29 is 14.3 Å². The van der Waals surface area contributed by atoms with E-state index in [-0.39, 0.29) is 17.4 Å². The van der Waals surface area contributed by atoms with Crippen LogP contribution in [0.5, 0.6) is 11.5 Å². The molecule has 0 N–H and O–H groups in total. The summed E-state index contributed by atoms with van der Waals surface area (Å²) in [6, 6.07) is 4.39. The zero-order valence-corrected chi connectivity index (χ0v) is 17.3. The number of nitrogens with zero attached hydrogens (tertiary/aromatic N) is 3. The molecule has 29 heavy (non-hydrogen) atoms. The normalized spacial score (nSPS) is 22.0. The molecular weight excluding hydrogens is 366 g/mol. The van der Waals surface area contributed by atoms with E-state index in [1.807, 2.05) is 19.4 Å². The second-order valence-electron chi connectivity index (χ2n) is 8.79. The lowest BCUT2D eigenvalue weighted by Gasteiger charge is -2.46. The maximum absolute atomic E-state index is 13.3. The molecule has 3 heterocycles. The topological polar surface area (TPSA) is 56.6 Å². The Morgan fingerprint density at radius 1 is 1.21 bits per heavy atom. The Morgan fingerprint density at radius 3 is 2.62 bits per heavy atom. The minimum absolute atomic E-state index is 0.0495. The molecule has 1 fully saturated rings. The first-order chi connectivity index (χ1) is 14.1. The van der Waals surface area contributed by atoms with Crippen LogP contribution in [0.2, 0.25) is 0 Å². The van der Waals surface area contributed by atoms with Crippen LogP contribution in [-0.4, -0.2) is 40.3 Å².